The van der Waals surface area contributed by atoms with Crippen LogP contribution in [0.15, 0.2) is 53.3 Å². The molecule has 1 amide bonds. The van der Waals surface area contributed by atoms with Gasteiger partial charge in [-0.2, -0.15) is 5.10 Å². The summed E-state index contributed by atoms with van der Waals surface area (Å²) in [5.74, 6) is 2.40. The number of aromatic nitrogens is 3. The smallest absolute Gasteiger partial charge is 0.347 e. The Labute approximate surface area is 180 Å². The molecule has 2 aliphatic rings. The van der Waals surface area contributed by atoms with Crippen LogP contribution in [0.25, 0.3) is 16.8 Å². The minimum absolute atomic E-state index is 0.243. The first-order valence-corrected chi connectivity index (χ1v) is 10.8. The molecule has 1 aromatic heterocycles. The number of amides is 1. The van der Waals surface area contributed by atoms with E-state index in [-0.39, 0.29) is 11.6 Å². The van der Waals surface area contributed by atoms with Crippen molar-refractivity contribution >= 4 is 5.91 Å². The lowest BCUT2D eigenvalue weighted by Crippen LogP contribution is -2.30. The van der Waals surface area contributed by atoms with Crippen molar-refractivity contribution in [2.45, 2.75) is 25.7 Å². The first-order chi connectivity index (χ1) is 15.1. The molecule has 2 heterocycles. The maximum Gasteiger partial charge on any atom is 0.347 e. The summed E-state index contributed by atoms with van der Waals surface area (Å²) in [6, 6.07) is 15.8. The maximum absolute atomic E-state index is 12.5. The average molecular weight is 418 g/mol. The van der Waals surface area contributed by atoms with Gasteiger partial charge in [0.1, 0.15) is 11.6 Å². The van der Waals surface area contributed by atoms with Gasteiger partial charge in [0.2, 0.25) is 5.91 Å². The largest absolute Gasteiger partial charge is 0.497 e. The number of hydrogen-bond donors (Lipinski definition) is 1. The molecule has 7 heteroatoms. The second-order valence-corrected chi connectivity index (χ2v) is 8.48. The number of nitrogens with one attached hydrogen (secondary N) is 1. The standard InChI is InChI=1S/C24H26N4O3/c1-31-21-4-2-3-19(14-21)17-7-9-20(10-8-17)28-22(25-26-24(28)30)13-16-11-12-27(15-16)23(29)18-5-6-18/h2-4,7-10,14,16,18H,5-6,11-13,15H2,1H3,(H,26,30). The fraction of sp³-hybridized carbons (Fsp3) is 0.375. The topological polar surface area (TPSA) is 80.2 Å². The number of likely N-dealkylation sites (tertiary alicyclic amines) is 1. The van der Waals surface area contributed by atoms with E-state index >= 15 is 0 Å². The molecule has 7 nitrogen and oxygen atoms in total. The molecule has 3 aromatic rings. The van der Waals surface area contributed by atoms with Gasteiger partial charge in [-0.3, -0.25) is 4.79 Å². The number of aromatic amines is 1. The number of hydrogen-bond acceptors (Lipinski definition) is 4. The van der Waals surface area contributed by atoms with Gasteiger partial charge in [-0.05, 0) is 60.6 Å². The minimum Gasteiger partial charge on any atom is -0.497 e. The normalized spacial score (nSPS) is 18.4. The van der Waals surface area contributed by atoms with Crippen LogP contribution in [-0.2, 0) is 11.2 Å². The molecule has 1 saturated heterocycles. The van der Waals surface area contributed by atoms with Gasteiger partial charge in [-0.15, -0.1) is 0 Å². The van der Waals surface area contributed by atoms with Crippen molar-refractivity contribution in [3.8, 4) is 22.6 Å². The molecular weight excluding hydrogens is 392 g/mol. The second kappa shape index (κ2) is 8.06. The summed E-state index contributed by atoms with van der Waals surface area (Å²) in [7, 11) is 1.65. The van der Waals surface area contributed by atoms with E-state index in [1.54, 1.807) is 11.7 Å². The third kappa shape index (κ3) is 4.00. The van der Waals surface area contributed by atoms with Crippen molar-refractivity contribution in [2.24, 2.45) is 11.8 Å². The Morgan fingerprint density at radius 3 is 2.68 bits per heavy atom. The Kier molecular flexibility index (Phi) is 5.10. The first kappa shape index (κ1) is 19.6. The number of ether oxygens (including phenoxy) is 1. The number of methoxy groups -OCH3 is 1. The van der Waals surface area contributed by atoms with E-state index in [9.17, 15) is 9.59 Å². The van der Waals surface area contributed by atoms with Gasteiger partial charge in [0.15, 0.2) is 0 Å². The third-order valence-electron chi connectivity index (χ3n) is 6.27. The molecule has 2 aromatic carbocycles. The van der Waals surface area contributed by atoms with Crippen LogP contribution in [0.3, 0.4) is 0 Å². The van der Waals surface area contributed by atoms with Crippen LogP contribution in [0.4, 0.5) is 0 Å². The SMILES string of the molecule is COc1cccc(-c2ccc(-n3c(CC4CCN(C(=O)C5CC5)C4)n[nH]c3=O)cc2)c1. The molecule has 31 heavy (non-hydrogen) atoms. The minimum atomic E-state index is -0.243. The van der Waals surface area contributed by atoms with Gasteiger partial charge in [0.05, 0.1) is 12.8 Å². The van der Waals surface area contributed by atoms with Crippen LogP contribution in [0, 0.1) is 11.8 Å². The number of benzene rings is 2. The summed E-state index contributed by atoms with van der Waals surface area (Å²) >= 11 is 0. The molecule has 1 atom stereocenters. The number of nitrogens with zero attached hydrogens (tertiary/aromatic N) is 3. The molecule has 2 fully saturated rings. The van der Waals surface area contributed by atoms with Crippen LogP contribution in [0.5, 0.6) is 5.75 Å². The summed E-state index contributed by atoms with van der Waals surface area (Å²) in [6.45, 7) is 1.56. The molecule has 1 aliphatic carbocycles. The van der Waals surface area contributed by atoms with Crippen LogP contribution in [-0.4, -0.2) is 45.8 Å². The lowest BCUT2D eigenvalue weighted by Gasteiger charge is -2.16. The molecule has 1 aliphatic heterocycles. The van der Waals surface area contributed by atoms with Crippen LogP contribution >= 0.6 is 0 Å². The highest BCUT2D eigenvalue weighted by Crippen LogP contribution is 2.33. The van der Waals surface area contributed by atoms with Crippen molar-refractivity contribution in [3.05, 3.63) is 64.8 Å². The molecular formula is C24H26N4O3. The molecule has 0 bridgehead atoms. The van der Waals surface area contributed by atoms with E-state index in [0.717, 1.165) is 54.9 Å². The van der Waals surface area contributed by atoms with Gasteiger partial charge in [0.25, 0.3) is 0 Å². The van der Waals surface area contributed by atoms with Gasteiger partial charge in [0, 0.05) is 25.4 Å². The van der Waals surface area contributed by atoms with E-state index in [2.05, 4.69) is 10.2 Å². The Morgan fingerprint density at radius 2 is 1.94 bits per heavy atom. The zero-order chi connectivity index (χ0) is 21.4. The lowest BCUT2D eigenvalue weighted by atomic mass is 10.0. The molecule has 160 valence electrons. The Balaban J connectivity index is 1.33. The summed E-state index contributed by atoms with van der Waals surface area (Å²) in [5, 5.41) is 6.88. The van der Waals surface area contributed by atoms with Crippen molar-refractivity contribution in [1.29, 1.82) is 0 Å². The lowest BCUT2D eigenvalue weighted by molar-refractivity contribution is -0.131. The molecule has 5 rings (SSSR count). The van der Waals surface area contributed by atoms with Crippen molar-refractivity contribution in [2.75, 3.05) is 20.2 Å². The zero-order valence-corrected chi connectivity index (χ0v) is 17.6. The predicted molar refractivity (Wildman–Crippen MR) is 117 cm³/mol. The third-order valence-corrected chi connectivity index (χ3v) is 6.27. The Bertz CT molecular complexity index is 1140. The fourth-order valence-corrected chi connectivity index (χ4v) is 4.38. The average Bonchev–Trinajstić information content (AvgIpc) is 3.45. The highest BCUT2D eigenvalue weighted by molar-refractivity contribution is 5.81. The van der Waals surface area contributed by atoms with Gasteiger partial charge in [-0.25, -0.2) is 14.5 Å². The van der Waals surface area contributed by atoms with Crippen LogP contribution in [0.2, 0.25) is 0 Å². The first-order valence-electron chi connectivity index (χ1n) is 10.8. The predicted octanol–water partition coefficient (Wildman–Crippen LogP) is 3.04. The number of H-pyrrole nitrogens is 1. The summed E-state index contributed by atoms with van der Waals surface area (Å²) in [4.78, 5) is 26.8. The van der Waals surface area contributed by atoms with Crippen LogP contribution in [0.1, 0.15) is 25.1 Å². The van der Waals surface area contributed by atoms with E-state index in [4.69, 9.17) is 4.74 Å². The maximum atomic E-state index is 12.5. The quantitative estimate of drug-likeness (QED) is 0.667. The van der Waals surface area contributed by atoms with Gasteiger partial charge in [-0.1, -0.05) is 24.3 Å². The van der Waals surface area contributed by atoms with Crippen molar-refractivity contribution in [3.63, 3.8) is 0 Å². The van der Waals surface area contributed by atoms with Crippen molar-refractivity contribution < 1.29 is 9.53 Å². The molecule has 1 unspecified atom stereocenters. The highest BCUT2D eigenvalue weighted by atomic mass is 16.5. The summed E-state index contributed by atoms with van der Waals surface area (Å²) < 4.78 is 6.95. The second-order valence-electron chi connectivity index (χ2n) is 8.48. The summed E-state index contributed by atoms with van der Waals surface area (Å²) in [5.41, 5.74) is 2.64. The monoisotopic (exact) mass is 418 g/mol. The molecule has 1 N–H and O–H groups in total. The summed E-state index contributed by atoms with van der Waals surface area (Å²) in [6.07, 6.45) is 3.69. The van der Waals surface area contributed by atoms with Gasteiger partial charge >= 0.3 is 5.69 Å². The number of rotatable bonds is 6. The fourth-order valence-electron chi connectivity index (χ4n) is 4.38. The van der Waals surface area contributed by atoms with E-state index < -0.39 is 0 Å². The molecule has 0 spiro atoms. The molecule has 0 radical (unpaired) electrons. The van der Waals surface area contributed by atoms with E-state index in [0.29, 0.717) is 24.1 Å². The van der Waals surface area contributed by atoms with E-state index in [1.807, 2.05) is 53.4 Å². The number of carbonyl (C=O) groups excluding carboxylic acids is 1. The van der Waals surface area contributed by atoms with Crippen LogP contribution < -0.4 is 10.4 Å². The highest BCUT2D eigenvalue weighted by Gasteiger charge is 2.36. The molecule has 1 saturated carbocycles. The van der Waals surface area contributed by atoms with E-state index in [1.165, 1.54) is 0 Å². The van der Waals surface area contributed by atoms with Gasteiger partial charge < -0.3 is 9.64 Å². The zero-order valence-electron chi connectivity index (χ0n) is 17.6. The Morgan fingerprint density at radius 1 is 1.13 bits per heavy atom. The number of carbonyl (C=O) groups is 1. The van der Waals surface area contributed by atoms with Crippen molar-refractivity contribution in [1.82, 2.24) is 19.7 Å². The Hall–Kier alpha value is -3.35.